The summed E-state index contributed by atoms with van der Waals surface area (Å²) in [5.74, 6) is 0.735. The Balaban J connectivity index is 2.49. The van der Waals surface area contributed by atoms with E-state index in [4.69, 9.17) is 5.73 Å². The average Bonchev–Trinajstić information content (AvgIpc) is 2.21. The van der Waals surface area contributed by atoms with Crippen LogP contribution < -0.4 is 5.73 Å². The third-order valence-electron chi connectivity index (χ3n) is 3.61. The van der Waals surface area contributed by atoms with Crippen molar-refractivity contribution < 1.29 is 4.79 Å². The molecule has 0 atom stereocenters. The largest absolute Gasteiger partial charge is 0.341 e. The summed E-state index contributed by atoms with van der Waals surface area (Å²) in [5.41, 5.74) is 5.97. The molecule has 2 N–H and O–H groups in total. The van der Waals surface area contributed by atoms with E-state index in [1.165, 1.54) is 6.42 Å². The van der Waals surface area contributed by atoms with E-state index in [0.717, 1.165) is 32.5 Å². The van der Waals surface area contributed by atoms with Crippen LogP contribution in [-0.4, -0.2) is 55.0 Å². The number of hydrogen-bond acceptors (Lipinski definition) is 3. The molecule has 1 fully saturated rings. The van der Waals surface area contributed by atoms with Gasteiger partial charge in [0, 0.05) is 31.6 Å². The number of amides is 1. The monoisotopic (exact) mass is 255 g/mol. The van der Waals surface area contributed by atoms with Crippen molar-refractivity contribution in [3.05, 3.63) is 0 Å². The first-order chi connectivity index (χ1) is 8.32. The molecular weight excluding hydrogens is 226 g/mol. The molecule has 0 bridgehead atoms. The summed E-state index contributed by atoms with van der Waals surface area (Å²) in [6, 6.07) is 0. The predicted molar refractivity (Wildman–Crippen MR) is 75.4 cm³/mol. The molecule has 0 aromatic carbocycles. The van der Waals surface area contributed by atoms with Crippen LogP contribution in [0, 0.1) is 5.92 Å². The Morgan fingerprint density at radius 3 is 2.28 bits per heavy atom. The first kappa shape index (κ1) is 15.4. The summed E-state index contributed by atoms with van der Waals surface area (Å²) in [6.45, 7) is 6.86. The van der Waals surface area contributed by atoms with E-state index in [1.807, 2.05) is 19.0 Å². The van der Waals surface area contributed by atoms with Crippen LogP contribution in [0.1, 0.15) is 39.5 Å². The lowest BCUT2D eigenvalue weighted by molar-refractivity contribution is -0.134. The van der Waals surface area contributed by atoms with Gasteiger partial charge in [-0.25, -0.2) is 0 Å². The van der Waals surface area contributed by atoms with E-state index in [9.17, 15) is 4.79 Å². The molecule has 1 rings (SSSR count). The van der Waals surface area contributed by atoms with Crippen molar-refractivity contribution in [1.29, 1.82) is 0 Å². The molecular formula is C14H29N3O. The third kappa shape index (κ3) is 4.94. The van der Waals surface area contributed by atoms with Crippen LogP contribution in [-0.2, 0) is 4.79 Å². The van der Waals surface area contributed by atoms with Crippen molar-refractivity contribution in [3.63, 3.8) is 0 Å². The van der Waals surface area contributed by atoms with Crippen LogP contribution in [0.15, 0.2) is 0 Å². The Hall–Kier alpha value is -0.610. The van der Waals surface area contributed by atoms with Gasteiger partial charge in [-0.1, -0.05) is 13.8 Å². The molecule has 106 valence electrons. The van der Waals surface area contributed by atoms with Crippen LogP contribution >= 0.6 is 0 Å². The van der Waals surface area contributed by atoms with Crippen LogP contribution in [0.4, 0.5) is 0 Å². The first-order valence-electron chi connectivity index (χ1n) is 7.04. The van der Waals surface area contributed by atoms with Crippen molar-refractivity contribution in [2.75, 3.05) is 33.7 Å². The summed E-state index contributed by atoms with van der Waals surface area (Å²) in [5, 5.41) is 0. The number of carbonyl (C=O) groups is 1. The smallest absolute Gasteiger partial charge is 0.224 e. The minimum atomic E-state index is -0.204. The zero-order valence-electron chi connectivity index (χ0n) is 12.4. The summed E-state index contributed by atoms with van der Waals surface area (Å²) in [4.78, 5) is 16.4. The summed E-state index contributed by atoms with van der Waals surface area (Å²) >= 11 is 0. The van der Waals surface area contributed by atoms with Gasteiger partial charge in [-0.3, -0.25) is 4.79 Å². The van der Waals surface area contributed by atoms with Gasteiger partial charge < -0.3 is 15.5 Å². The zero-order chi connectivity index (χ0) is 13.8. The Morgan fingerprint density at radius 2 is 1.89 bits per heavy atom. The van der Waals surface area contributed by atoms with E-state index in [0.29, 0.717) is 12.3 Å². The second-order valence-electron chi connectivity index (χ2n) is 6.43. The van der Waals surface area contributed by atoms with Crippen molar-refractivity contribution in [1.82, 2.24) is 9.80 Å². The topological polar surface area (TPSA) is 49.6 Å². The number of nitrogens with two attached hydrogens (primary N) is 1. The Labute approximate surface area is 111 Å². The maximum atomic E-state index is 12.3. The molecule has 0 heterocycles. The summed E-state index contributed by atoms with van der Waals surface area (Å²) in [6.07, 6.45) is 3.70. The number of hydrogen-bond donors (Lipinski definition) is 1. The highest BCUT2D eigenvalue weighted by Gasteiger charge is 2.35. The molecule has 0 spiro atoms. The molecule has 0 aliphatic heterocycles. The van der Waals surface area contributed by atoms with E-state index in [2.05, 4.69) is 18.7 Å². The molecule has 0 saturated heterocycles. The molecule has 1 amide bonds. The zero-order valence-corrected chi connectivity index (χ0v) is 12.4. The van der Waals surface area contributed by atoms with Gasteiger partial charge in [-0.15, -0.1) is 0 Å². The second-order valence-corrected chi connectivity index (χ2v) is 6.43. The third-order valence-corrected chi connectivity index (χ3v) is 3.61. The maximum Gasteiger partial charge on any atom is 0.224 e. The van der Waals surface area contributed by atoms with Crippen molar-refractivity contribution in [2.45, 2.75) is 45.1 Å². The molecule has 1 saturated carbocycles. The Kier molecular flexibility index (Phi) is 5.60. The molecule has 4 heteroatoms. The van der Waals surface area contributed by atoms with Gasteiger partial charge in [0.15, 0.2) is 0 Å². The van der Waals surface area contributed by atoms with Crippen molar-refractivity contribution >= 4 is 5.91 Å². The van der Waals surface area contributed by atoms with Gasteiger partial charge >= 0.3 is 0 Å². The number of carbonyl (C=O) groups excluding carboxylic acids is 1. The Bertz CT molecular complexity index is 272. The Morgan fingerprint density at radius 1 is 1.28 bits per heavy atom. The molecule has 18 heavy (non-hydrogen) atoms. The van der Waals surface area contributed by atoms with Crippen molar-refractivity contribution in [2.24, 2.45) is 11.7 Å². The van der Waals surface area contributed by atoms with Gasteiger partial charge in [0.25, 0.3) is 0 Å². The van der Waals surface area contributed by atoms with Crippen LogP contribution in [0.5, 0.6) is 0 Å². The SMILES string of the molecule is CC(C)CN(CCN(C)C)C(=O)CC1(N)CCC1. The highest BCUT2D eigenvalue weighted by Crippen LogP contribution is 2.32. The van der Waals surface area contributed by atoms with E-state index in [-0.39, 0.29) is 11.4 Å². The number of rotatable bonds is 7. The lowest BCUT2D eigenvalue weighted by Gasteiger charge is -2.39. The van der Waals surface area contributed by atoms with Gasteiger partial charge in [0.2, 0.25) is 5.91 Å². The van der Waals surface area contributed by atoms with Gasteiger partial charge in [-0.05, 0) is 39.3 Å². The van der Waals surface area contributed by atoms with Gasteiger partial charge in [-0.2, -0.15) is 0 Å². The van der Waals surface area contributed by atoms with E-state index in [1.54, 1.807) is 0 Å². The lowest BCUT2D eigenvalue weighted by Crippen LogP contribution is -2.51. The van der Waals surface area contributed by atoms with Gasteiger partial charge in [0.1, 0.15) is 0 Å². The summed E-state index contributed by atoms with van der Waals surface area (Å²) < 4.78 is 0. The average molecular weight is 255 g/mol. The lowest BCUT2D eigenvalue weighted by atomic mass is 9.75. The van der Waals surface area contributed by atoms with Crippen LogP contribution in [0.2, 0.25) is 0 Å². The normalized spacial score (nSPS) is 17.9. The number of nitrogens with zero attached hydrogens (tertiary/aromatic N) is 2. The molecule has 0 radical (unpaired) electrons. The molecule has 0 aromatic heterocycles. The molecule has 0 aromatic rings. The highest BCUT2D eigenvalue weighted by atomic mass is 16.2. The second kappa shape index (κ2) is 6.53. The molecule has 1 aliphatic rings. The number of likely N-dealkylation sites (N-methyl/N-ethyl adjacent to an activating group) is 1. The van der Waals surface area contributed by atoms with Crippen LogP contribution in [0.3, 0.4) is 0 Å². The molecule has 1 aliphatic carbocycles. The molecule has 4 nitrogen and oxygen atoms in total. The minimum Gasteiger partial charge on any atom is -0.341 e. The van der Waals surface area contributed by atoms with E-state index >= 15 is 0 Å². The fourth-order valence-corrected chi connectivity index (χ4v) is 2.30. The highest BCUT2D eigenvalue weighted by molar-refractivity contribution is 5.77. The summed E-state index contributed by atoms with van der Waals surface area (Å²) in [7, 11) is 4.07. The fraction of sp³-hybridized carbons (Fsp3) is 0.929. The van der Waals surface area contributed by atoms with Crippen molar-refractivity contribution in [3.8, 4) is 0 Å². The van der Waals surface area contributed by atoms with Gasteiger partial charge in [0.05, 0.1) is 0 Å². The minimum absolute atomic E-state index is 0.204. The quantitative estimate of drug-likeness (QED) is 0.746. The maximum absolute atomic E-state index is 12.3. The fourth-order valence-electron chi connectivity index (χ4n) is 2.30. The van der Waals surface area contributed by atoms with Crippen LogP contribution in [0.25, 0.3) is 0 Å². The standard InChI is InChI=1S/C14H29N3O/c1-12(2)11-17(9-8-16(3)4)13(18)10-14(15)6-5-7-14/h12H,5-11,15H2,1-4H3. The predicted octanol–water partition coefficient (Wildman–Crippen LogP) is 1.30. The van der Waals surface area contributed by atoms with E-state index < -0.39 is 0 Å². The first-order valence-corrected chi connectivity index (χ1v) is 7.04. The molecule has 0 unspecified atom stereocenters.